The van der Waals surface area contributed by atoms with Crippen LogP contribution in [0.25, 0.3) is 0 Å². The SMILES string of the molecule is COc1cc(Cl)cc(CN2CCC(CCn3cccn3)CC2)c1OC. The number of hydrogen-bond acceptors (Lipinski definition) is 4. The monoisotopic (exact) mass is 363 g/mol. The lowest BCUT2D eigenvalue weighted by molar-refractivity contribution is 0.167. The van der Waals surface area contributed by atoms with Crippen LogP contribution in [0, 0.1) is 5.92 Å². The van der Waals surface area contributed by atoms with Gasteiger partial charge in [-0.05, 0) is 50.4 Å². The zero-order valence-electron chi connectivity index (χ0n) is 14.9. The Morgan fingerprint density at radius 3 is 2.64 bits per heavy atom. The van der Waals surface area contributed by atoms with Crippen molar-refractivity contribution in [2.45, 2.75) is 32.4 Å². The largest absolute Gasteiger partial charge is 0.493 e. The molecule has 1 fully saturated rings. The Morgan fingerprint density at radius 1 is 1.20 bits per heavy atom. The van der Waals surface area contributed by atoms with Crippen molar-refractivity contribution in [1.82, 2.24) is 14.7 Å². The predicted molar refractivity (Wildman–Crippen MR) is 99.4 cm³/mol. The van der Waals surface area contributed by atoms with E-state index in [1.165, 1.54) is 19.3 Å². The minimum atomic E-state index is 0.682. The zero-order chi connectivity index (χ0) is 17.6. The highest BCUT2D eigenvalue weighted by atomic mass is 35.5. The van der Waals surface area contributed by atoms with Crippen molar-refractivity contribution < 1.29 is 9.47 Å². The summed E-state index contributed by atoms with van der Waals surface area (Å²) in [7, 11) is 3.32. The summed E-state index contributed by atoms with van der Waals surface area (Å²) in [6.07, 6.45) is 7.52. The van der Waals surface area contributed by atoms with E-state index >= 15 is 0 Å². The Bertz CT molecular complexity index is 668. The fourth-order valence-electron chi connectivity index (χ4n) is 3.55. The van der Waals surface area contributed by atoms with E-state index in [9.17, 15) is 0 Å². The number of aryl methyl sites for hydroxylation is 1. The molecule has 1 aliphatic rings. The third-order valence-corrected chi connectivity index (χ3v) is 5.17. The average molecular weight is 364 g/mol. The summed E-state index contributed by atoms with van der Waals surface area (Å²) >= 11 is 6.23. The van der Waals surface area contributed by atoms with Crippen molar-refractivity contribution >= 4 is 11.6 Å². The molecule has 1 aliphatic heterocycles. The van der Waals surface area contributed by atoms with E-state index in [1.54, 1.807) is 20.3 Å². The molecule has 1 saturated heterocycles. The topological polar surface area (TPSA) is 39.5 Å². The average Bonchev–Trinajstić information content (AvgIpc) is 3.14. The van der Waals surface area contributed by atoms with Crippen LogP contribution in [0.3, 0.4) is 0 Å². The fraction of sp³-hybridized carbons (Fsp3) is 0.526. The number of piperidine rings is 1. The van der Waals surface area contributed by atoms with E-state index in [0.717, 1.165) is 43.4 Å². The first kappa shape index (κ1) is 18.1. The molecule has 5 nitrogen and oxygen atoms in total. The number of hydrogen-bond donors (Lipinski definition) is 0. The Balaban J connectivity index is 1.54. The van der Waals surface area contributed by atoms with Crippen LogP contribution in [0.2, 0.25) is 5.02 Å². The van der Waals surface area contributed by atoms with Gasteiger partial charge in [-0.3, -0.25) is 9.58 Å². The van der Waals surface area contributed by atoms with E-state index in [1.807, 2.05) is 29.2 Å². The lowest BCUT2D eigenvalue weighted by atomic mass is 9.93. The van der Waals surface area contributed by atoms with Crippen LogP contribution in [-0.2, 0) is 13.1 Å². The Morgan fingerprint density at radius 2 is 2.00 bits per heavy atom. The van der Waals surface area contributed by atoms with Gasteiger partial charge in [0.25, 0.3) is 0 Å². The van der Waals surface area contributed by atoms with Gasteiger partial charge in [0.05, 0.1) is 14.2 Å². The summed E-state index contributed by atoms with van der Waals surface area (Å²) in [4.78, 5) is 2.47. The third-order valence-electron chi connectivity index (χ3n) is 4.95. The van der Waals surface area contributed by atoms with Gasteiger partial charge in [-0.2, -0.15) is 5.10 Å². The van der Waals surface area contributed by atoms with Crippen molar-refractivity contribution in [3.63, 3.8) is 0 Å². The molecule has 2 aromatic rings. The van der Waals surface area contributed by atoms with Gasteiger partial charge in [0.1, 0.15) is 0 Å². The first-order valence-corrected chi connectivity index (χ1v) is 9.17. The van der Waals surface area contributed by atoms with Gasteiger partial charge in [0.15, 0.2) is 11.5 Å². The van der Waals surface area contributed by atoms with Crippen molar-refractivity contribution in [2.75, 3.05) is 27.3 Å². The molecule has 1 aromatic carbocycles. The molecule has 6 heteroatoms. The molecule has 0 bridgehead atoms. The number of aromatic nitrogens is 2. The Hall–Kier alpha value is -1.72. The molecule has 0 unspecified atom stereocenters. The van der Waals surface area contributed by atoms with Crippen molar-refractivity contribution in [3.8, 4) is 11.5 Å². The van der Waals surface area contributed by atoms with Crippen LogP contribution in [0.15, 0.2) is 30.6 Å². The van der Waals surface area contributed by atoms with E-state index in [2.05, 4.69) is 10.00 Å². The van der Waals surface area contributed by atoms with Crippen molar-refractivity contribution in [2.24, 2.45) is 5.92 Å². The second kappa shape index (κ2) is 8.59. The molecule has 0 N–H and O–H groups in total. The molecule has 3 rings (SSSR count). The molecule has 0 saturated carbocycles. The summed E-state index contributed by atoms with van der Waals surface area (Å²) in [5.41, 5.74) is 1.09. The number of likely N-dealkylation sites (tertiary alicyclic amines) is 1. The molecule has 0 radical (unpaired) electrons. The quantitative estimate of drug-likeness (QED) is 0.749. The maximum Gasteiger partial charge on any atom is 0.165 e. The number of halogens is 1. The number of benzene rings is 1. The summed E-state index contributed by atoms with van der Waals surface area (Å²) in [5, 5.41) is 4.97. The minimum Gasteiger partial charge on any atom is -0.493 e. The van der Waals surface area contributed by atoms with Gasteiger partial charge in [0.2, 0.25) is 0 Å². The number of nitrogens with zero attached hydrogens (tertiary/aromatic N) is 3. The summed E-state index contributed by atoms with van der Waals surface area (Å²) < 4.78 is 13.0. The normalized spacial score (nSPS) is 16.1. The maximum atomic E-state index is 6.23. The molecule has 2 heterocycles. The molecular formula is C19H26ClN3O2. The van der Waals surface area contributed by atoms with Gasteiger partial charge in [0, 0.05) is 42.1 Å². The van der Waals surface area contributed by atoms with Crippen LogP contribution < -0.4 is 9.47 Å². The highest BCUT2D eigenvalue weighted by Crippen LogP contribution is 2.35. The second-order valence-electron chi connectivity index (χ2n) is 6.58. The fourth-order valence-corrected chi connectivity index (χ4v) is 3.78. The van der Waals surface area contributed by atoms with Crippen LogP contribution >= 0.6 is 11.6 Å². The maximum absolute atomic E-state index is 6.23. The molecule has 25 heavy (non-hydrogen) atoms. The van der Waals surface area contributed by atoms with Gasteiger partial charge in [-0.15, -0.1) is 0 Å². The molecule has 0 spiro atoms. The third kappa shape index (κ3) is 4.67. The Kier molecular flexibility index (Phi) is 6.21. The standard InChI is InChI=1S/C19H26ClN3O2/c1-24-18-13-17(20)12-16(19(18)25-2)14-22-9-4-15(5-10-22)6-11-23-8-3-7-21-23/h3,7-8,12-13,15H,4-6,9-11,14H2,1-2H3. The van der Waals surface area contributed by atoms with Crippen molar-refractivity contribution in [3.05, 3.63) is 41.2 Å². The minimum absolute atomic E-state index is 0.682. The molecule has 136 valence electrons. The number of rotatable bonds is 7. The summed E-state index contributed by atoms with van der Waals surface area (Å²) in [6, 6.07) is 5.76. The smallest absolute Gasteiger partial charge is 0.165 e. The zero-order valence-corrected chi connectivity index (χ0v) is 15.7. The van der Waals surface area contributed by atoms with Crippen LogP contribution in [0.1, 0.15) is 24.8 Å². The Labute approximate surface area is 154 Å². The second-order valence-corrected chi connectivity index (χ2v) is 7.01. The van der Waals surface area contributed by atoms with E-state index in [4.69, 9.17) is 21.1 Å². The highest BCUT2D eigenvalue weighted by molar-refractivity contribution is 6.30. The first-order valence-electron chi connectivity index (χ1n) is 8.79. The van der Waals surface area contributed by atoms with Crippen LogP contribution in [0.4, 0.5) is 0 Å². The summed E-state index contributed by atoms with van der Waals surface area (Å²) in [5.74, 6) is 2.25. The van der Waals surface area contributed by atoms with E-state index in [0.29, 0.717) is 10.8 Å². The molecule has 0 aliphatic carbocycles. The van der Waals surface area contributed by atoms with Gasteiger partial charge >= 0.3 is 0 Å². The van der Waals surface area contributed by atoms with E-state index < -0.39 is 0 Å². The first-order chi connectivity index (χ1) is 12.2. The van der Waals surface area contributed by atoms with Crippen LogP contribution in [0.5, 0.6) is 11.5 Å². The summed E-state index contributed by atoms with van der Waals surface area (Å²) in [6.45, 7) is 4.05. The highest BCUT2D eigenvalue weighted by Gasteiger charge is 2.21. The van der Waals surface area contributed by atoms with Gasteiger partial charge in [-0.1, -0.05) is 11.6 Å². The van der Waals surface area contributed by atoms with Crippen molar-refractivity contribution in [1.29, 1.82) is 0 Å². The van der Waals surface area contributed by atoms with Gasteiger partial charge in [-0.25, -0.2) is 0 Å². The molecule has 0 amide bonds. The number of methoxy groups -OCH3 is 2. The van der Waals surface area contributed by atoms with Gasteiger partial charge < -0.3 is 9.47 Å². The van der Waals surface area contributed by atoms with Crippen LogP contribution in [-0.4, -0.2) is 42.0 Å². The molecule has 0 atom stereocenters. The predicted octanol–water partition coefficient (Wildman–Crippen LogP) is 3.86. The lowest BCUT2D eigenvalue weighted by Gasteiger charge is -2.32. The molecular weight excluding hydrogens is 338 g/mol. The number of ether oxygens (including phenoxy) is 2. The molecule has 1 aromatic heterocycles. The lowest BCUT2D eigenvalue weighted by Crippen LogP contribution is -2.33. The van der Waals surface area contributed by atoms with E-state index in [-0.39, 0.29) is 0 Å².